The molecule has 0 N–H and O–H groups in total. The zero-order valence-corrected chi connectivity index (χ0v) is 14.3. The Balaban J connectivity index is 1.73. The lowest BCUT2D eigenvalue weighted by Crippen LogP contribution is -1.92. The molecule has 0 spiro atoms. The molecule has 0 unspecified atom stereocenters. The number of alkyl halides is 2. The summed E-state index contributed by atoms with van der Waals surface area (Å²) < 4.78 is 15.5. The second kappa shape index (κ2) is 6.18. The molecule has 0 bridgehead atoms. The van der Waals surface area contributed by atoms with Gasteiger partial charge in [0.2, 0.25) is 5.89 Å². The van der Waals surface area contributed by atoms with E-state index in [1.54, 1.807) is 20.3 Å². The van der Waals surface area contributed by atoms with Gasteiger partial charge in [0.25, 0.3) is 5.22 Å². The molecule has 3 rings (SSSR count). The summed E-state index contributed by atoms with van der Waals surface area (Å²) in [5, 5.41) is 8.58. The molecule has 1 heterocycles. The lowest BCUT2D eigenvalue weighted by Gasteiger charge is -2.05. The largest absolute Gasteiger partial charge is 0.497 e. The van der Waals surface area contributed by atoms with E-state index in [4.69, 9.17) is 37.1 Å². The van der Waals surface area contributed by atoms with Gasteiger partial charge in [0.1, 0.15) is 15.8 Å². The highest BCUT2D eigenvalue weighted by Crippen LogP contribution is 2.54. The molecular weight excluding hydrogens is 347 g/mol. The first kappa shape index (κ1) is 15.8. The lowest BCUT2D eigenvalue weighted by atomic mass is 10.2. The number of benzene rings is 1. The first-order valence-electron chi connectivity index (χ1n) is 6.59. The van der Waals surface area contributed by atoms with Crippen molar-refractivity contribution in [3.05, 3.63) is 18.2 Å². The van der Waals surface area contributed by atoms with Gasteiger partial charge in [-0.1, -0.05) is 11.8 Å². The van der Waals surface area contributed by atoms with E-state index >= 15 is 0 Å². The minimum Gasteiger partial charge on any atom is -0.497 e. The average Bonchev–Trinajstić information content (AvgIpc) is 2.92. The van der Waals surface area contributed by atoms with Crippen LogP contribution in [0.5, 0.6) is 11.5 Å². The van der Waals surface area contributed by atoms with Gasteiger partial charge in [0.15, 0.2) is 0 Å². The van der Waals surface area contributed by atoms with Crippen molar-refractivity contribution in [2.45, 2.75) is 16.0 Å². The summed E-state index contributed by atoms with van der Waals surface area (Å²) in [6.45, 7) is 0. The summed E-state index contributed by atoms with van der Waals surface area (Å²) in [6.07, 6.45) is 0.803. The third kappa shape index (κ3) is 3.45. The zero-order chi connectivity index (χ0) is 15.7. The molecule has 118 valence electrons. The van der Waals surface area contributed by atoms with Gasteiger partial charge in [-0.3, -0.25) is 0 Å². The maximum atomic E-state index is 6.00. The van der Waals surface area contributed by atoms with Crippen LogP contribution in [0.3, 0.4) is 0 Å². The fourth-order valence-corrected chi connectivity index (χ4v) is 3.63. The van der Waals surface area contributed by atoms with Gasteiger partial charge < -0.3 is 13.9 Å². The number of hydrogen-bond acceptors (Lipinski definition) is 6. The summed E-state index contributed by atoms with van der Waals surface area (Å²) in [6, 6.07) is 5.41. The molecule has 1 aromatic carbocycles. The minimum atomic E-state index is -0.587. The predicted octanol–water partition coefficient (Wildman–Crippen LogP) is 4.04. The molecule has 0 saturated heterocycles. The number of rotatable bonds is 6. The highest BCUT2D eigenvalue weighted by molar-refractivity contribution is 7.99. The van der Waals surface area contributed by atoms with E-state index in [9.17, 15) is 0 Å². The molecule has 22 heavy (non-hydrogen) atoms. The van der Waals surface area contributed by atoms with Crippen molar-refractivity contribution < 1.29 is 13.9 Å². The third-order valence-corrected chi connectivity index (χ3v) is 5.28. The standard InChI is InChI=1S/C14H14Cl2N2O3S/c1-19-10-3-8(4-11(5-10)20-2)12-17-18-13(21-12)22-7-9-6-14(9,15)16/h3-5,9H,6-7H2,1-2H3/t9-/m1/s1. The molecule has 0 amide bonds. The van der Waals surface area contributed by atoms with Gasteiger partial charge in [-0.2, -0.15) is 0 Å². The number of aromatic nitrogens is 2. The van der Waals surface area contributed by atoms with Crippen LogP contribution in [-0.2, 0) is 0 Å². The normalized spacial score (nSPS) is 19.0. The molecule has 1 atom stereocenters. The zero-order valence-electron chi connectivity index (χ0n) is 12.0. The molecular formula is C14H14Cl2N2O3S. The summed E-state index contributed by atoms with van der Waals surface area (Å²) >= 11 is 13.5. The minimum absolute atomic E-state index is 0.271. The van der Waals surface area contributed by atoms with Crippen LogP contribution < -0.4 is 9.47 Å². The van der Waals surface area contributed by atoms with Crippen molar-refractivity contribution in [3.63, 3.8) is 0 Å². The van der Waals surface area contributed by atoms with Crippen molar-refractivity contribution >= 4 is 35.0 Å². The number of ether oxygens (including phenoxy) is 2. The summed E-state index contributed by atoms with van der Waals surface area (Å²) in [7, 11) is 3.18. The summed E-state index contributed by atoms with van der Waals surface area (Å²) in [4.78, 5) is 0. The maximum absolute atomic E-state index is 6.00. The van der Waals surface area contributed by atoms with E-state index in [0.29, 0.717) is 22.6 Å². The molecule has 1 saturated carbocycles. The Kier molecular flexibility index (Phi) is 4.43. The molecule has 0 radical (unpaired) electrons. The Morgan fingerprint density at radius 1 is 1.23 bits per heavy atom. The predicted molar refractivity (Wildman–Crippen MR) is 86.1 cm³/mol. The Labute approximate surface area is 142 Å². The molecule has 8 heteroatoms. The smallest absolute Gasteiger partial charge is 0.276 e. The van der Waals surface area contributed by atoms with Gasteiger partial charge in [0.05, 0.1) is 14.2 Å². The summed E-state index contributed by atoms with van der Waals surface area (Å²) in [5.74, 6) is 2.77. The maximum Gasteiger partial charge on any atom is 0.276 e. The molecule has 1 aliphatic carbocycles. The molecule has 0 aliphatic heterocycles. The van der Waals surface area contributed by atoms with E-state index < -0.39 is 4.33 Å². The first-order valence-corrected chi connectivity index (χ1v) is 8.33. The van der Waals surface area contributed by atoms with Crippen LogP contribution in [0.2, 0.25) is 0 Å². The average molecular weight is 361 g/mol. The van der Waals surface area contributed by atoms with Crippen LogP contribution in [0.15, 0.2) is 27.8 Å². The van der Waals surface area contributed by atoms with Gasteiger partial charge in [-0.25, -0.2) is 0 Å². The Hall–Kier alpha value is -1.11. The van der Waals surface area contributed by atoms with E-state index in [1.807, 2.05) is 12.1 Å². The van der Waals surface area contributed by atoms with E-state index in [1.165, 1.54) is 11.8 Å². The van der Waals surface area contributed by atoms with Crippen LogP contribution in [0.1, 0.15) is 6.42 Å². The number of thioether (sulfide) groups is 1. The van der Waals surface area contributed by atoms with Gasteiger partial charge in [-0.05, 0) is 18.6 Å². The Bertz CT molecular complexity index is 656. The second-order valence-electron chi connectivity index (χ2n) is 4.95. The Morgan fingerprint density at radius 3 is 2.41 bits per heavy atom. The van der Waals surface area contributed by atoms with Crippen molar-refractivity contribution in [2.75, 3.05) is 20.0 Å². The highest BCUT2D eigenvalue weighted by Gasteiger charge is 2.51. The number of hydrogen-bond donors (Lipinski definition) is 0. The van der Waals surface area contributed by atoms with Gasteiger partial charge in [-0.15, -0.1) is 33.4 Å². The lowest BCUT2D eigenvalue weighted by molar-refractivity contribution is 0.394. The van der Waals surface area contributed by atoms with Gasteiger partial charge >= 0.3 is 0 Å². The molecule has 5 nitrogen and oxygen atoms in total. The third-order valence-electron chi connectivity index (χ3n) is 3.37. The van der Waals surface area contributed by atoms with Crippen LogP contribution in [0, 0.1) is 5.92 Å². The quantitative estimate of drug-likeness (QED) is 0.572. The van der Waals surface area contributed by atoms with Crippen LogP contribution in [0.25, 0.3) is 11.5 Å². The fraction of sp³-hybridized carbons (Fsp3) is 0.429. The van der Waals surface area contributed by atoms with Crippen LogP contribution in [-0.4, -0.2) is 34.5 Å². The number of halogens is 2. The van der Waals surface area contributed by atoms with Crippen molar-refractivity contribution in [1.82, 2.24) is 10.2 Å². The molecule has 1 aromatic heterocycles. The van der Waals surface area contributed by atoms with Crippen molar-refractivity contribution in [1.29, 1.82) is 0 Å². The molecule has 1 fully saturated rings. The fourth-order valence-electron chi connectivity index (χ4n) is 1.94. The van der Waals surface area contributed by atoms with Crippen LogP contribution in [0.4, 0.5) is 0 Å². The van der Waals surface area contributed by atoms with E-state index in [0.717, 1.165) is 17.7 Å². The SMILES string of the molecule is COc1cc(OC)cc(-c2nnc(SC[C@H]3CC3(Cl)Cl)o2)c1. The van der Waals surface area contributed by atoms with E-state index in [2.05, 4.69) is 10.2 Å². The Morgan fingerprint density at radius 2 is 1.86 bits per heavy atom. The molecule has 2 aromatic rings. The highest BCUT2D eigenvalue weighted by atomic mass is 35.5. The van der Waals surface area contributed by atoms with Gasteiger partial charge in [0, 0.05) is 23.3 Å². The molecule has 1 aliphatic rings. The second-order valence-corrected chi connectivity index (χ2v) is 7.46. The van der Waals surface area contributed by atoms with Crippen LogP contribution >= 0.6 is 35.0 Å². The van der Waals surface area contributed by atoms with E-state index in [-0.39, 0.29) is 5.92 Å². The first-order chi connectivity index (χ1) is 10.5. The topological polar surface area (TPSA) is 57.4 Å². The van der Waals surface area contributed by atoms with Crippen molar-refractivity contribution in [3.8, 4) is 23.0 Å². The number of methoxy groups -OCH3 is 2. The van der Waals surface area contributed by atoms with Crippen molar-refractivity contribution in [2.24, 2.45) is 5.92 Å². The number of nitrogens with zero attached hydrogens (tertiary/aromatic N) is 2. The monoisotopic (exact) mass is 360 g/mol. The summed E-state index contributed by atoms with van der Waals surface area (Å²) in [5.41, 5.74) is 0.742.